The van der Waals surface area contributed by atoms with Crippen LogP contribution in [-0.4, -0.2) is 28.6 Å². The van der Waals surface area contributed by atoms with E-state index in [0.717, 1.165) is 0 Å². The monoisotopic (exact) mass is 279 g/mol. The lowest BCUT2D eigenvalue weighted by molar-refractivity contribution is -0.158. The maximum Gasteiger partial charge on any atom is 0.328 e. The molecular weight excluding hydrogens is 258 g/mol. The van der Waals surface area contributed by atoms with Crippen molar-refractivity contribution in [2.24, 2.45) is 0 Å². The van der Waals surface area contributed by atoms with E-state index in [2.05, 4.69) is 5.32 Å². The molecule has 0 aliphatic rings. The number of esters is 1. The van der Waals surface area contributed by atoms with Crippen LogP contribution in [0.1, 0.15) is 33.3 Å². The molecule has 1 rings (SSSR count). The number of carbonyl (C=O) groups excluding carboxylic acids is 2. The van der Waals surface area contributed by atoms with Crippen molar-refractivity contribution in [2.45, 2.75) is 45.8 Å². The molecule has 5 heteroatoms. The summed E-state index contributed by atoms with van der Waals surface area (Å²) in [7, 11) is 0. The molecule has 0 spiro atoms. The number of aromatic hydroxyl groups is 1. The molecule has 1 aromatic rings. The Morgan fingerprint density at radius 2 is 1.90 bits per heavy atom. The number of phenols is 1. The van der Waals surface area contributed by atoms with Crippen LogP contribution >= 0.6 is 0 Å². The number of nitrogens with one attached hydrogen (secondary N) is 1. The highest BCUT2D eigenvalue weighted by atomic mass is 16.6. The lowest BCUT2D eigenvalue weighted by Gasteiger charge is -2.22. The van der Waals surface area contributed by atoms with Gasteiger partial charge in [-0.2, -0.15) is 0 Å². The van der Waals surface area contributed by atoms with E-state index >= 15 is 0 Å². The molecule has 0 unspecified atom stereocenters. The molecule has 1 atom stereocenters. The highest BCUT2D eigenvalue weighted by molar-refractivity contribution is 5.85. The molecule has 1 amide bonds. The van der Waals surface area contributed by atoms with Crippen molar-refractivity contribution in [1.29, 1.82) is 0 Å². The number of hydrogen-bond donors (Lipinski definition) is 2. The number of benzene rings is 1. The number of hydrogen-bond acceptors (Lipinski definition) is 4. The van der Waals surface area contributed by atoms with Gasteiger partial charge in [0.15, 0.2) is 0 Å². The van der Waals surface area contributed by atoms with Gasteiger partial charge in [-0.05, 0) is 33.8 Å². The second-order valence-electron chi connectivity index (χ2n) is 5.63. The van der Waals surface area contributed by atoms with Crippen LogP contribution in [0.4, 0.5) is 0 Å². The molecule has 0 heterocycles. The fraction of sp³-hybridized carbons (Fsp3) is 0.467. The average molecular weight is 279 g/mol. The number of amides is 1. The molecule has 0 aliphatic heterocycles. The Bertz CT molecular complexity index is 491. The third-order valence-corrected chi connectivity index (χ3v) is 2.48. The fourth-order valence-corrected chi connectivity index (χ4v) is 1.57. The van der Waals surface area contributed by atoms with E-state index in [9.17, 15) is 14.7 Å². The highest BCUT2D eigenvalue weighted by Crippen LogP contribution is 2.16. The molecule has 2 N–H and O–H groups in total. The molecule has 0 aromatic heterocycles. The number of phenolic OH excluding ortho intramolecular Hbond substituents is 1. The summed E-state index contributed by atoms with van der Waals surface area (Å²) in [4.78, 5) is 23.5. The van der Waals surface area contributed by atoms with E-state index in [0.29, 0.717) is 5.56 Å². The van der Waals surface area contributed by atoms with E-state index in [1.807, 2.05) is 0 Å². The number of para-hydroxylation sites is 1. The van der Waals surface area contributed by atoms with Crippen LogP contribution in [0.25, 0.3) is 0 Å². The summed E-state index contributed by atoms with van der Waals surface area (Å²) in [6.45, 7) is 6.86. The first kappa shape index (κ1) is 16.0. The number of rotatable bonds is 4. The lowest BCUT2D eigenvalue weighted by atomic mass is 10.1. The van der Waals surface area contributed by atoms with Gasteiger partial charge in [0.25, 0.3) is 0 Å². The van der Waals surface area contributed by atoms with Crippen LogP contribution in [0, 0.1) is 0 Å². The van der Waals surface area contributed by atoms with E-state index in [1.165, 1.54) is 6.07 Å². The second kappa shape index (κ2) is 6.41. The molecule has 0 radical (unpaired) electrons. The maximum absolute atomic E-state index is 11.8. The van der Waals surface area contributed by atoms with E-state index < -0.39 is 17.6 Å². The van der Waals surface area contributed by atoms with Gasteiger partial charge < -0.3 is 15.2 Å². The third-order valence-electron chi connectivity index (χ3n) is 2.48. The summed E-state index contributed by atoms with van der Waals surface area (Å²) in [5, 5.41) is 12.1. The summed E-state index contributed by atoms with van der Waals surface area (Å²) in [6.07, 6.45) is 0.0137. The number of ether oxygens (including phenoxy) is 1. The van der Waals surface area contributed by atoms with Gasteiger partial charge in [0.2, 0.25) is 5.91 Å². The first-order valence-electron chi connectivity index (χ1n) is 6.48. The first-order chi connectivity index (χ1) is 9.19. The maximum atomic E-state index is 11.8. The predicted molar refractivity (Wildman–Crippen MR) is 75.3 cm³/mol. The van der Waals surface area contributed by atoms with E-state index in [1.54, 1.807) is 45.9 Å². The number of carbonyl (C=O) groups is 2. The Balaban J connectivity index is 2.54. The molecule has 0 aliphatic carbocycles. The smallest absolute Gasteiger partial charge is 0.328 e. The molecule has 5 nitrogen and oxygen atoms in total. The SMILES string of the molecule is C[C@@H](NC(=O)Cc1ccccc1O)C(=O)OC(C)(C)C. The minimum absolute atomic E-state index is 0.0137. The van der Waals surface area contributed by atoms with Gasteiger partial charge in [0.1, 0.15) is 17.4 Å². The molecule has 20 heavy (non-hydrogen) atoms. The summed E-state index contributed by atoms with van der Waals surface area (Å²) < 4.78 is 5.17. The zero-order valence-electron chi connectivity index (χ0n) is 12.3. The first-order valence-corrected chi connectivity index (χ1v) is 6.48. The van der Waals surface area contributed by atoms with E-state index in [4.69, 9.17) is 4.74 Å². The summed E-state index contributed by atoms with van der Waals surface area (Å²) in [6, 6.07) is 5.86. The molecular formula is C15H21NO4. The van der Waals surface area contributed by atoms with Crippen molar-refractivity contribution < 1.29 is 19.4 Å². The largest absolute Gasteiger partial charge is 0.508 e. The minimum Gasteiger partial charge on any atom is -0.508 e. The Hall–Kier alpha value is -2.04. The van der Waals surface area contributed by atoms with Gasteiger partial charge in [-0.3, -0.25) is 4.79 Å². The Kier molecular flexibility index (Phi) is 5.13. The molecule has 0 saturated carbocycles. The van der Waals surface area contributed by atoms with Crippen molar-refractivity contribution in [3.63, 3.8) is 0 Å². The average Bonchev–Trinajstić information content (AvgIpc) is 2.29. The molecule has 1 aromatic carbocycles. The van der Waals surface area contributed by atoms with Crippen LogP contribution in [0.2, 0.25) is 0 Å². The van der Waals surface area contributed by atoms with Crippen LogP contribution in [0.15, 0.2) is 24.3 Å². The topological polar surface area (TPSA) is 75.6 Å². The predicted octanol–water partition coefficient (Wildman–Crippen LogP) is 1.78. The third kappa shape index (κ3) is 5.30. The Morgan fingerprint density at radius 1 is 1.30 bits per heavy atom. The van der Waals surface area contributed by atoms with Gasteiger partial charge in [0.05, 0.1) is 6.42 Å². The standard InChI is InChI=1S/C15H21NO4/c1-10(14(19)20-15(2,3)4)16-13(18)9-11-7-5-6-8-12(11)17/h5-8,10,17H,9H2,1-4H3,(H,16,18)/t10-/m1/s1. The van der Waals surface area contributed by atoms with Crippen LogP contribution < -0.4 is 5.32 Å². The molecule has 0 saturated heterocycles. The van der Waals surface area contributed by atoms with E-state index in [-0.39, 0.29) is 18.1 Å². The van der Waals surface area contributed by atoms with Crippen LogP contribution in [-0.2, 0) is 20.7 Å². The van der Waals surface area contributed by atoms with Crippen molar-refractivity contribution in [2.75, 3.05) is 0 Å². The summed E-state index contributed by atoms with van der Waals surface area (Å²) in [5.74, 6) is -0.763. The summed E-state index contributed by atoms with van der Waals surface area (Å²) in [5.41, 5.74) is -0.0743. The van der Waals surface area contributed by atoms with Crippen molar-refractivity contribution in [1.82, 2.24) is 5.32 Å². The van der Waals surface area contributed by atoms with Gasteiger partial charge in [0, 0.05) is 5.56 Å². The van der Waals surface area contributed by atoms with Crippen molar-refractivity contribution in [3.05, 3.63) is 29.8 Å². The van der Waals surface area contributed by atoms with Crippen molar-refractivity contribution >= 4 is 11.9 Å². The van der Waals surface area contributed by atoms with Gasteiger partial charge in [-0.15, -0.1) is 0 Å². The molecule has 0 fully saturated rings. The second-order valence-corrected chi connectivity index (χ2v) is 5.63. The lowest BCUT2D eigenvalue weighted by Crippen LogP contribution is -2.42. The fourth-order valence-electron chi connectivity index (χ4n) is 1.57. The molecule has 0 bridgehead atoms. The quantitative estimate of drug-likeness (QED) is 0.824. The van der Waals surface area contributed by atoms with Gasteiger partial charge in [-0.25, -0.2) is 4.79 Å². The summed E-state index contributed by atoms with van der Waals surface area (Å²) >= 11 is 0. The van der Waals surface area contributed by atoms with Crippen LogP contribution in [0.5, 0.6) is 5.75 Å². The van der Waals surface area contributed by atoms with Crippen molar-refractivity contribution in [3.8, 4) is 5.75 Å². The van der Waals surface area contributed by atoms with Gasteiger partial charge >= 0.3 is 5.97 Å². The minimum atomic E-state index is -0.729. The Labute approximate surface area is 118 Å². The zero-order valence-corrected chi connectivity index (χ0v) is 12.3. The van der Waals surface area contributed by atoms with Gasteiger partial charge in [-0.1, -0.05) is 18.2 Å². The van der Waals surface area contributed by atoms with Crippen LogP contribution in [0.3, 0.4) is 0 Å². The normalized spacial score (nSPS) is 12.6. The highest BCUT2D eigenvalue weighted by Gasteiger charge is 2.23. The zero-order chi connectivity index (χ0) is 15.3. The molecule has 110 valence electrons. The Morgan fingerprint density at radius 3 is 2.45 bits per heavy atom.